The molecule has 0 aliphatic heterocycles. The van der Waals surface area contributed by atoms with E-state index in [1.54, 1.807) is 0 Å². The summed E-state index contributed by atoms with van der Waals surface area (Å²) in [6, 6.07) is 9.80. The van der Waals surface area contributed by atoms with E-state index in [1.165, 1.54) is 19.2 Å². The molecule has 0 fully saturated rings. The number of methoxy groups -OCH3 is 1. The number of anilines is 2. The predicted molar refractivity (Wildman–Crippen MR) is 113 cm³/mol. The third-order valence-corrected chi connectivity index (χ3v) is 4.22. The van der Waals surface area contributed by atoms with E-state index in [-0.39, 0.29) is 23.5 Å². The quantitative estimate of drug-likeness (QED) is 0.280. The lowest BCUT2D eigenvalue weighted by Crippen LogP contribution is -2.44. The van der Waals surface area contributed by atoms with Gasteiger partial charge in [-0.3, -0.25) is 30.6 Å². The van der Waals surface area contributed by atoms with Gasteiger partial charge in [0.15, 0.2) is 0 Å². The van der Waals surface area contributed by atoms with Crippen LogP contribution in [0.15, 0.2) is 36.4 Å². The van der Waals surface area contributed by atoms with Crippen molar-refractivity contribution in [3.8, 4) is 0 Å². The Balaban J connectivity index is 1.92. The molecule has 0 saturated heterocycles. The van der Waals surface area contributed by atoms with Crippen LogP contribution in [0.5, 0.6) is 0 Å². The first-order valence-corrected chi connectivity index (χ1v) is 9.23. The second kappa shape index (κ2) is 10.8. The SMILES string of the molecule is COCCNc1ccc(C(=O)NNC(=O)CNc2ccc(C)cc2C)cc1[N+](=O)[O-]. The van der Waals surface area contributed by atoms with E-state index in [2.05, 4.69) is 21.5 Å². The normalized spacial score (nSPS) is 10.2. The first-order chi connectivity index (χ1) is 14.3. The Bertz CT molecular complexity index is 932. The molecule has 0 aliphatic rings. The fourth-order valence-corrected chi connectivity index (χ4v) is 2.69. The molecule has 2 amide bonds. The minimum absolute atomic E-state index is 0.0432. The molecule has 30 heavy (non-hydrogen) atoms. The van der Waals surface area contributed by atoms with Crippen LogP contribution < -0.4 is 21.5 Å². The summed E-state index contributed by atoms with van der Waals surface area (Å²) in [5.74, 6) is -1.13. The van der Waals surface area contributed by atoms with Crippen molar-refractivity contribution in [1.29, 1.82) is 0 Å². The Kier molecular flexibility index (Phi) is 8.12. The molecule has 0 atom stereocenters. The maximum absolute atomic E-state index is 12.3. The van der Waals surface area contributed by atoms with Gasteiger partial charge in [-0.25, -0.2) is 0 Å². The van der Waals surface area contributed by atoms with Gasteiger partial charge in [0.25, 0.3) is 17.5 Å². The zero-order valence-electron chi connectivity index (χ0n) is 17.1. The van der Waals surface area contributed by atoms with Gasteiger partial charge >= 0.3 is 0 Å². The lowest BCUT2D eigenvalue weighted by Gasteiger charge is -2.12. The number of aryl methyl sites for hydroxylation is 2. The van der Waals surface area contributed by atoms with Crippen LogP contribution in [0.4, 0.5) is 17.1 Å². The summed E-state index contributed by atoms with van der Waals surface area (Å²) in [6.45, 7) is 4.61. The smallest absolute Gasteiger partial charge is 0.293 e. The number of hydrogen-bond acceptors (Lipinski definition) is 7. The number of nitrogens with zero attached hydrogens (tertiary/aromatic N) is 1. The molecule has 0 unspecified atom stereocenters. The van der Waals surface area contributed by atoms with Crippen molar-refractivity contribution in [2.75, 3.05) is 37.4 Å². The number of carbonyl (C=O) groups is 2. The molecular weight excluding hydrogens is 390 g/mol. The summed E-state index contributed by atoms with van der Waals surface area (Å²) < 4.78 is 4.90. The number of nitro groups is 1. The van der Waals surface area contributed by atoms with Crippen LogP contribution >= 0.6 is 0 Å². The van der Waals surface area contributed by atoms with Gasteiger partial charge in [-0.05, 0) is 37.6 Å². The number of nitro benzene ring substituents is 1. The molecule has 0 saturated carbocycles. The Morgan fingerprint density at radius 2 is 1.77 bits per heavy atom. The Hall–Kier alpha value is -3.66. The maximum atomic E-state index is 12.3. The second-order valence-corrected chi connectivity index (χ2v) is 6.58. The molecule has 0 radical (unpaired) electrons. The van der Waals surface area contributed by atoms with Gasteiger partial charge in [0.2, 0.25) is 0 Å². The van der Waals surface area contributed by atoms with Crippen LogP contribution in [-0.4, -0.2) is 43.5 Å². The van der Waals surface area contributed by atoms with Crippen LogP contribution in [0.25, 0.3) is 0 Å². The monoisotopic (exact) mass is 415 g/mol. The summed E-state index contributed by atoms with van der Waals surface area (Å²) in [4.78, 5) is 34.9. The van der Waals surface area contributed by atoms with E-state index in [0.29, 0.717) is 13.2 Å². The molecule has 0 spiro atoms. The molecular formula is C20H25N5O5. The highest BCUT2D eigenvalue weighted by molar-refractivity contribution is 5.97. The summed E-state index contributed by atoms with van der Waals surface area (Å²) in [6.07, 6.45) is 0. The molecule has 2 rings (SSSR count). The highest BCUT2D eigenvalue weighted by Gasteiger charge is 2.18. The van der Waals surface area contributed by atoms with Crippen molar-refractivity contribution in [2.24, 2.45) is 0 Å². The van der Waals surface area contributed by atoms with E-state index < -0.39 is 16.7 Å². The molecule has 0 aromatic heterocycles. The highest BCUT2D eigenvalue weighted by atomic mass is 16.6. The standard InChI is InChI=1S/C20H25N5O5/c1-13-4-6-16(14(2)10-13)22-12-19(26)23-24-20(27)15-5-7-17(21-8-9-30-3)18(11-15)25(28)29/h4-7,10-11,21-22H,8-9,12H2,1-3H3,(H,23,26)(H,24,27). The van der Waals surface area contributed by atoms with Gasteiger partial charge in [0.1, 0.15) is 5.69 Å². The van der Waals surface area contributed by atoms with Gasteiger partial charge in [-0.15, -0.1) is 0 Å². The number of nitrogens with one attached hydrogen (secondary N) is 4. The number of hydrazine groups is 1. The summed E-state index contributed by atoms with van der Waals surface area (Å²) in [5.41, 5.74) is 7.53. The molecule has 10 nitrogen and oxygen atoms in total. The third kappa shape index (κ3) is 6.45. The fraction of sp³-hybridized carbons (Fsp3) is 0.300. The lowest BCUT2D eigenvalue weighted by molar-refractivity contribution is -0.384. The zero-order valence-corrected chi connectivity index (χ0v) is 17.1. The third-order valence-electron chi connectivity index (χ3n) is 4.22. The van der Waals surface area contributed by atoms with Crippen molar-refractivity contribution < 1.29 is 19.2 Å². The topological polar surface area (TPSA) is 135 Å². The molecule has 160 valence electrons. The predicted octanol–water partition coefficient (Wildman–Crippen LogP) is 2.14. The zero-order chi connectivity index (χ0) is 22.1. The van der Waals surface area contributed by atoms with Gasteiger partial charge in [0, 0.05) is 31.0 Å². The number of benzene rings is 2. The van der Waals surface area contributed by atoms with Crippen molar-refractivity contribution in [2.45, 2.75) is 13.8 Å². The highest BCUT2D eigenvalue weighted by Crippen LogP contribution is 2.25. The van der Waals surface area contributed by atoms with Crippen LogP contribution in [0, 0.1) is 24.0 Å². The number of hydrogen-bond donors (Lipinski definition) is 4. The number of ether oxygens (including phenoxy) is 1. The Labute approximate surface area is 174 Å². The number of carbonyl (C=O) groups excluding carboxylic acids is 2. The van der Waals surface area contributed by atoms with Crippen molar-refractivity contribution in [3.63, 3.8) is 0 Å². The number of amides is 2. The molecule has 2 aromatic carbocycles. The average molecular weight is 415 g/mol. The molecule has 0 bridgehead atoms. The average Bonchev–Trinajstić information content (AvgIpc) is 2.71. The molecule has 2 aromatic rings. The molecule has 10 heteroatoms. The van der Waals surface area contributed by atoms with Crippen molar-refractivity contribution in [1.82, 2.24) is 10.9 Å². The summed E-state index contributed by atoms with van der Waals surface area (Å²) in [7, 11) is 1.52. The molecule has 0 heterocycles. The van der Waals surface area contributed by atoms with Gasteiger partial charge in [-0.1, -0.05) is 17.7 Å². The van der Waals surface area contributed by atoms with Crippen LogP contribution in [-0.2, 0) is 9.53 Å². The second-order valence-electron chi connectivity index (χ2n) is 6.58. The minimum Gasteiger partial charge on any atom is -0.383 e. The van der Waals surface area contributed by atoms with E-state index in [4.69, 9.17) is 4.74 Å². The summed E-state index contributed by atoms with van der Waals surface area (Å²) in [5, 5.41) is 17.2. The van der Waals surface area contributed by atoms with E-state index in [9.17, 15) is 19.7 Å². The van der Waals surface area contributed by atoms with Crippen molar-refractivity contribution >= 4 is 28.9 Å². The van der Waals surface area contributed by atoms with Crippen LogP contribution in [0.3, 0.4) is 0 Å². The van der Waals surface area contributed by atoms with Gasteiger partial charge in [-0.2, -0.15) is 0 Å². The fourth-order valence-electron chi connectivity index (χ4n) is 2.69. The van der Waals surface area contributed by atoms with Crippen molar-refractivity contribution in [3.05, 3.63) is 63.2 Å². The molecule has 0 aliphatic carbocycles. The Morgan fingerprint density at radius 1 is 1.03 bits per heavy atom. The number of rotatable bonds is 9. The van der Waals surface area contributed by atoms with Gasteiger partial charge < -0.3 is 15.4 Å². The largest absolute Gasteiger partial charge is 0.383 e. The minimum atomic E-state index is -0.665. The summed E-state index contributed by atoms with van der Waals surface area (Å²) >= 11 is 0. The van der Waals surface area contributed by atoms with Crippen LogP contribution in [0.2, 0.25) is 0 Å². The first-order valence-electron chi connectivity index (χ1n) is 9.23. The van der Waals surface area contributed by atoms with E-state index >= 15 is 0 Å². The molecule has 4 N–H and O–H groups in total. The van der Waals surface area contributed by atoms with E-state index in [1.807, 2.05) is 32.0 Å². The Morgan fingerprint density at radius 3 is 2.43 bits per heavy atom. The van der Waals surface area contributed by atoms with Gasteiger partial charge in [0.05, 0.1) is 18.1 Å². The van der Waals surface area contributed by atoms with Crippen LogP contribution in [0.1, 0.15) is 21.5 Å². The first kappa shape index (κ1) is 22.6. The maximum Gasteiger partial charge on any atom is 0.293 e. The van der Waals surface area contributed by atoms with E-state index in [0.717, 1.165) is 22.9 Å². The lowest BCUT2D eigenvalue weighted by atomic mass is 10.1.